The summed E-state index contributed by atoms with van der Waals surface area (Å²) < 4.78 is 0. The minimum absolute atomic E-state index is 0.120. The molecule has 1 unspecified atom stereocenters. The van der Waals surface area contributed by atoms with Crippen LogP contribution < -0.4 is 0 Å². The second-order valence-corrected chi connectivity index (χ2v) is 5.67. The van der Waals surface area contributed by atoms with Crippen molar-refractivity contribution in [2.45, 2.75) is 43.4 Å². The summed E-state index contributed by atoms with van der Waals surface area (Å²) in [5, 5.41) is 8.55. The summed E-state index contributed by atoms with van der Waals surface area (Å²) in [5.74, 6) is -0.347. The molecule has 1 aliphatic carbocycles. The third-order valence-corrected chi connectivity index (χ3v) is 4.55. The van der Waals surface area contributed by atoms with E-state index < -0.39 is 11.2 Å². The van der Waals surface area contributed by atoms with E-state index in [0.717, 1.165) is 12.8 Å². The molecule has 4 nitrogen and oxygen atoms in total. The summed E-state index contributed by atoms with van der Waals surface area (Å²) in [6.45, 7) is 0.392. The maximum absolute atomic E-state index is 11.8. The van der Waals surface area contributed by atoms with Gasteiger partial charge in [-0.1, -0.05) is 19.3 Å². The molecular weight excluding hydrogens is 226 g/mol. The molecule has 1 saturated heterocycles. The van der Waals surface area contributed by atoms with Crippen LogP contribution in [0.5, 0.6) is 0 Å². The number of aliphatic carboxylic acids is 1. The first-order valence-corrected chi connectivity index (χ1v) is 6.87. The van der Waals surface area contributed by atoms with E-state index in [2.05, 4.69) is 0 Å². The van der Waals surface area contributed by atoms with E-state index in [1.54, 1.807) is 0 Å². The molecule has 16 heavy (non-hydrogen) atoms. The molecule has 0 spiro atoms. The number of hydrogen-bond acceptors (Lipinski definition) is 3. The number of thioether (sulfide) groups is 1. The van der Waals surface area contributed by atoms with Gasteiger partial charge >= 0.3 is 5.97 Å². The van der Waals surface area contributed by atoms with Crippen LogP contribution in [0.4, 0.5) is 0 Å². The minimum atomic E-state index is -0.793. The molecule has 5 heteroatoms. The molecule has 90 valence electrons. The fraction of sp³-hybridized carbons (Fsp3) is 0.818. The highest BCUT2D eigenvalue weighted by Crippen LogP contribution is 2.28. The van der Waals surface area contributed by atoms with Crippen molar-refractivity contribution < 1.29 is 14.7 Å². The molecule has 0 radical (unpaired) electrons. The summed E-state index contributed by atoms with van der Waals surface area (Å²) in [7, 11) is 0. The van der Waals surface area contributed by atoms with Crippen molar-refractivity contribution in [3.63, 3.8) is 0 Å². The van der Waals surface area contributed by atoms with Crippen LogP contribution in [0.2, 0.25) is 0 Å². The zero-order chi connectivity index (χ0) is 11.5. The largest absolute Gasteiger partial charge is 0.480 e. The van der Waals surface area contributed by atoms with Gasteiger partial charge in [0.2, 0.25) is 5.91 Å². The van der Waals surface area contributed by atoms with Gasteiger partial charge in [0.15, 0.2) is 0 Å². The van der Waals surface area contributed by atoms with Gasteiger partial charge in [-0.15, -0.1) is 11.8 Å². The Hall–Kier alpha value is -0.710. The lowest BCUT2D eigenvalue weighted by molar-refractivity contribution is -0.139. The monoisotopic (exact) mass is 243 g/mol. The van der Waals surface area contributed by atoms with E-state index in [4.69, 9.17) is 5.11 Å². The number of hydrogen-bond donors (Lipinski definition) is 1. The van der Waals surface area contributed by atoms with Crippen LogP contribution in [0.25, 0.3) is 0 Å². The van der Waals surface area contributed by atoms with Gasteiger partial charge in [0.05, 0.1) is 5.75 Å². The predicted octanol–water partition coefficient (Wildman–Crippen LogP) is 1.35. The van der Waals surface area contributed by atoms with Crippen molar-refractivity contribution in [3.05, 3.63) is 0 Å². The molecule has 0 aromatic heterocycles. The van der Waals surface area contributed by atoms with Crippen LogP contribution >= 0.6 is 11.8 Å². The number of nitrogens with zero attached hydrogens (tertiary/aromatic N) is 1. The lowest BCUT2D eigenvalue weighted by Gasteiger charge is -2.38. The van der Waals surface area contributed by atoms with E-state index in [0.29, 0.717) is 18.3 Å². The average molecular weight is 243 g/mol. The van der Waals surface area contributed by atoms with Crippen LogP contribution in [0.1, 0.15) is 32.1 Å². The van der Waals surface area contributed by atoms with E-state index >= 15 is 0 Å². The van der Waals surface area contributed by atoms with Crippen LogP contribution in [0, 0.1) is 0 Å². The first-order chi connectivity index (χ1) is 7.68. The van der Waals surface area contributed by atoms with Gasteiger partial charge in [-0.05, 0) is 12.8 Å². The Balaban J connectivity index is 1.99. The standard InChI is InChI=1S/C11H17NO3S/c13-10-7-16-9(11(14)15)6-12(10)8-4-2-1-3-5-8/h8-9H,1-7H2,(H,14,15). The van der Waals surface area contributed by atoms with Crippen LogP contribution in [-0.4, -0.2) is 45.5 Å². The summed E-state index contributed by atoms with van der Waals surface area (Å²) in [5.41, 5.74) is 0. The van der Waals surface area contributed by atoms with Gasteiger partial charge in [0, 0.05) is 12.6 Å². The van der Waals surface area contributed by atoms with Gasteiger partial charge < -0.3 is 10.0 Å². The fourth-order valence-electron chi connectivity index (χ4n) is 2.48. The highest BCUT2D eigenvalue weighted by atomic mass is 32.2. The summed E-state index contributed by atoms with van der Waals surface area (Å²) in [4.78, 5) is 24.5. The molecule has 0 aromatic carbocycles. The summed E-state index contributed by atoms with van der Waals surface area (Å²) in [6.07, 6.45) is 5.67. The first-order valence-electron chi connectivity index (χ1n) is 5.82. The Kier molecular flexibility index (Phi) is 3.74. The molecule has 1 heterocycles. The third-order valence-electron chi connectivity index (χ3n) is 3.38. The van der Waals surface area contributed by atoms with Crippen molar-refractivity contribution in [1.29, 1.82) is 0 Å². The Morgan fingerprint density at radius 2 is 2.00 bits per heavy atom. The molecule has 1 saturated carbocycles. The van der Waals surface area contributed by atoms with Gasteiger partial charge in [-0.25, -0.2) is 0 Å². The number of carbonyl (C=O) groups is 2. The van der Waals surface area contributed by atoms with Crippen molar-refractivity contribution in [2.75, 3.05) is 12.3 Å². The molecule has 0 bridgehead atoms. The second-order valence-electron chi connectivity index (χ2n) is 4.48. The Labute approximate surface area is 99.4 Å². The molecule has 2 fully saturated rings. The quantitative estimate of drug-likeness (QED) is 0.795. The zero-order valence-electron chi connectivity index (χ0n) is 9.22. The molecular formula is C11H17NO3S. The second kappa shape index (κ2) is 5.08. The molecule has 1 N–H and O–H groups in total. The normalized spacial score (nSPS) is 28.1. The van der Waals surface area contributed by atoms with Gasteiger partial charge in [0.25, 0.3) is 0 Å². The Bertz CT molecular complexity index is 289. The van der Waals surface area contributed by atoms with Gasteiger partial charge in [-0.2, -0.15) is 0 Å². The minimum Gasteiger partial charge on any atom is -0.480 e. The predicted molar refractivity (Wildman–Crippen MR) is 62.5 cm³/mol. The highest BCUT2D eigenvalue weighted by Gasteiger charge is 2.34. The number of rotatable bonds is 2. The maximum atomic E-state index is 11.8. The van der Waals surface area contributed by atoms with Crippen molar-refractivity contribution in [1.82, 2.24) is 4.90 Å². The average Bonchev–Trinajstić information content (AvgIpc) is 2.30. The van der Waals surface area contributed by atoms with Crippen molar-refractivity contribution in [2.24, 2.45) is 0 Å². The summed E-state index contributed by atoms with van der Waals surface area (Å²) in [6, 6.07) is 0.295. The fourth-order valence-corrected chi connectivity index (χ4v) is 3.40. The zero-order valence-corrected chi connectivity index (χ0v) is 10.0. The number of carboxylic acid groups (broad SMARTS) is 1. The summed E-state index contributed by atoms with van der Waals surface area (Å²) >= 11 is 1.26. The number of amides is 1. The van der Waals surface area contributed by atoms with Gasteiger partial charge in [0.1, 0.15) is 5.25 Å². The van der Waals surface area contributed by atoms with Gasteiger partial charge in [-0.3, -0.25) is 9.59 Å². The number of carboxylic acids is 1. The van der Waals surface area contributed by atoms with Crippen molar-refractivity contribution >= 4 is 23.6 Å². The molecule has 1 aliphatic heterocycles. The van der Waals surface area contributed by atoms with E-state index in [1.807, 2.05) is 4.90 Å². The first kappa shape index (κ1) is 11.8. The molecule has 2 rings (SSSR count). The SMILES string of the molecule is O=C(O)C1CN(C2CCCCC2)C(=O)CS1. The smallest absolute Gasteiger partial charge is 0.318 e. The molecule has 1 amide bonds. The van der Waals surface area contributed by atoms with E-state index in [1.165, 1.54) is 31.0 Å². The molecule has 2 aliphatic rings. The Morgan fingerprint density at radius 3 is 2.62 bits per heavy atom. The van der Waals surface area contributed by atoms with E-state index in [9.17, 15) is 9.59 Å². The Morgan fingerprint density at radius 1 is 1.31 bits per heavy atom. The van der Waals surface area contributed by atoms with Crippen LogP contribution in [0.3, 0.4) is 0 Å². The lowest BCUT2D eigenvalue weighted by Crippen LogP contribution is -2.50. The lowest BCUT2D eigenvalue weighted by atomic mass is 9.94. The maximum Gasteiger partial charge on any atom is 0.318 e. The third kappa shape index (κ3) is 2.51. The van der Waals surface area contributed by atoms with Crippen molar-refractivity contribution in [3.8, 4) is 0 Å². The van der Waals surface area contributed by atoms with Crippen LogP contribution in [-0.2, 0) is 9.59 Å². The van der Waals surface area contributed by atoms with E-state index in [-0.39, 0.29) is 5.91 Å². The molecule has 1 atom stereocenters. The van der Waals surface area contributed by atoms with Crippen LogP contribution in [0.15, 0.2) is 0 Å². The highest BCUT2D eigenvalue weighted by molar-refractivity contribution is 8.01. The molecule has 0 aromatic rings. The topological polar surface area (TPSA) is 57.6 Å². The number of carbonyl (C=O) groups excluding carboxylic acids is 1.